The minimum Gasteiger partial charge on any atom is -0.378 e. The molecule has 2 aromatic rings. The highest BCUT2D eigenvalue weighted by Gasteiger charge is 2.30. The van der Waals surface area contributed by atoms with Crippen molar-refractivity contribution in [1.29, 1.82) is 0 Å². The lowest BCUT2D eigenvalue weighted by Crippen LogP contribution is -2.20. The van der Waals surface area contributed by atoms with Gasteiger partial charge < -0.3 is 10.4 Å². The van der Waals surface area contributed by atoms with Gasteiger partial charge in [0.25, 0.3) is 5.91 Å². The summed E-state index contributed by atoms with van der Waals surface area (Å²) in [5.74, 6) is -0.720. The molecule has 0 saturated carbocycles. The van der Waals surface area contributed by atoms with Crippen LogP contribution >= 0.6 is 15.9 Å². The number of aliphatic hydroxyl groups is 1. The highest BCUT2D eigenvalue weighted by atomic mass is 79.9. The standard InChI is InChI=1S/C15H11BrF3NO2/c16-11-5-1-9(2-6-11)13(21)14(22)20-12-7-3-10(4-8-12)15(17,18)19/h1-8,13,21H,(H,20,22). The number of hydrogen-bond donors (Lipinski definition) is 2. The maximum atomic E-state index is 12.4. The fourth-order valence-corrected chi connectivity index (χ4v) is 2.01. The Morgan fingerprint density at radius 3 is 2.09 bits per heavy atom. The van der Waals surface area contributed by atoms with E-state index >= 15 is 0 Å². The number of rotatable bonds is 3. The average Bonchev–Trinajstić information content (AvgIpc) is 2.47. The van der Waals surface area contributed by atoms with Crippen LogP contribution in [0.5, 0.6) is 0 Å². The number of hydrogen-bond acceptors (Lipinski definition) is 2. The zero-order chi connectivity index (χ0) is 16.3. The van der Waals surface area contributed by atoms with E-state index in [1.165, 1.54) is 0 Å². The first-order valence-corrected chi connectivity index (χ1v) is 6.98. The third-order valence-corrected chi connectivity index (χ3v) is 3.44. The number of carbonyl (C=O) groups is 1. The average molecular weight is 374 g/mol. The highest BCUT2D eigenvalue weighted by Crippen LogP contribution is 2.30. The van der Waals surface area contributed by atoms with Gasteiger partial charge in [-0.25, -0.2) is 0 Å². The topological polar surface area (TPSA) is 49.3 Å². The van der Waals surface area contributed by atoms with Crippen LogP contribution in [-0.4, -0.2) is 11.0 Å². The number of carbonyl (C=O) groups excluding carboxylic acids is 1. The first-order chi connectivity index (χ1) is 10.3. The van der Waals surface area contributed by atoms with E-state index < -0.39 is 23.8 Å². The minimum atomic E-state index is -4.43. The van der Waals surface area contributed by atoms with Gasteiger partial charge >= 0.3 is 6.18 Å². The second kappa shape index (κ2) is 6.50. The quantitative estimate of drug-likeness (QED) is 0.849. The third-order valence-electron chi connectivity index (χ3n) is 2.91. The van der Waals surface area contributed by atoms with Gasteiger partial charge in [-0.1, -0.05) is 28.1 Å². The van der Waals surface area contributed by atoms with E-state index in [4.69, 9.17) is 0 Å². The van der Waals surface area contributed by atoms with Crippen LogP contribution in [0.3, 0.4) is 0 Å². The lowest BCUT2D eigenvalue weighted by Gasteiger charge is -2.13. The van der Waals surface area contributed by atoms with Gasteiger partial charge in [0, 0.05) is 10.2 Å². The van der Waals surface area contributed by atoms with Gasteiger partial charge in [0.2, 0.25) is 0 Å². The van der Waals surface area contributed by atoms with Crippen molar-refractivity contribution >= 4 is 27.5 Å². The molecule has 3 nitrogen and oxygen atoms in total. The summed E-state index contributed by atoms with van der Waals surface area (Å²) < 4.78 is 38.1. The molecule has 2 rings (SSSR count). The number of halogens is 4. The van der Waals surface area contributed by atoms with Crippen molar-refractivity contribution < 1.29 is 23.1 Å². The molecule has 1 atom stereocenters. The molecule has 0 fully saturated rings. The van der Waals surface area contributed by atoms with Crippen molar-refractivity contribution in [3.8, 4) is 0 Å². The molecule has 2 aromatic carbocycles. The molecule has 0 saturated heterocycles. The molecule has 0 bridgehead atoms. The van der Waals surface area contributed by atoms with Gasteiger partial charge in [-0.2, -0.15) is 13.2 Å². The second-order valence-electron chi connectivity index (χ2n) is 4.52. The van der Waals surface area contributed by atoms with Crippen molar-refractivity contribution in [3.05, 3.63) is 64.1 Å². The fourth-order valence-electron chi connectivity index (χ4n) is 1.75. The predicted octanol–water partition coefficient (Wildman–Crippen LogP) is 4.14. The molecule has 22 heavy (non-hydrogen) atoms. The van der Waals surface area contributed by atoms with E-state index in [0.29, 0.717) is 5.56 Å². The first-order valence-electron chi connectivity index (χ1n) is 6.19. The Kier molecular flexibility index (Phi) is 4.87. The first kappa shape index (κ1) is 16.5. The Hall–Kier alpha value is -1.86. The van der Waals surface area contributed by atoms with Crippen molar-refractivity contribution in [2.24, 2.45) is 0 Å². The number of nitrogens with one attached hydrogen (secondary N) is 1. The Morgan fingerprint density at radius 1 is 1.05 bits per heavy atom. The number of alkyl halides is 3. The van der Waals surface area contributed by atoms with Gasteiger partial charge in [-0.15, -0.1) is 0 Å². The maximum Gasteiger partial charge on any atom is 0.416 e. The zero-order valence-corrected chi connectivity index (χ0v) is 12.6. The van der Waals surface area contributed by atoms with Crippen molar-refractivity contribution in [2.75, 3.05) is 5.32 Å². The summed E-state index contributed by atoms with van der Waals surface area (Å²) in [6.45, 7) is 0. The molecule has 0 heterocycles. The summed E-state index contributed by atoms with van der Waals surface area (Å²) in [6, 6.07) is 10.5. The molecule has 116 valence electrons. The lowest BCUT2D eigenvalue weighted by atomic mass is 10.1. The van der Waals surface area contributed by atoms with Crippen LogP contribution in [-0.2, 0) is 11.0 Å². The summed E-state index contributed by atoms with van der Waals surface area (Å²) in [5.41, 5.74) is -0.249. The van der Waals surface area contributed by atoms with Gasteiger partial charge in [-0.3, -0.25) is 4.79 Å². The molecule has 1 amide bonds. The molecule has 1 unspecified atom stereocenters. The number of benzene rings is 2. The van der Waals surface area contributed by atoms with Crippen molar-refractivity contribution in [2.45, 2.75) is 12.3 Å². The summed E-state index contributed by atoms with van der Waals surface area (Å²) in [4.78, 5) is 11.9. The van der Waals surface area contributed by atoms with E-state index in [1.54, 1.807) is 24.3 Å². The molecule has 0 radical (unpaired) electrons. The Morgan fingerprint density at radius 2 is 1.59 bits per heavy atom. The Labute approximate surface area is 132 Å². The summed E-state index contributed by atoms with van der Waals surface area (Å²) in [5, 5.41) is 12.3. The van der Waals surface area contributed by atoms with Crippen molar-refractivity contribution in [1.82, 2.24) is 0 Å². The molecule has 0 aliphatic heterocycles. The SMILES string of the molecule is O=C(Nc1ccc(C(F)(F)F)cc1)C(O)c1ccc(Br)cc1. The molecule has 0 spiro atoms. The molecule has 2 N–H and O–H groups in total. The van der Waals surface area contributed by atoms with Crippen LogP contribution < -0.4 is 5.32 Å². The van der Waals surface area contributed by atoms with Crippen LogP contribution in [0.25, 0.3) is 0 Å². The molecule has 7 heteroatoms. The minimum absolute atomic E-state index is 0.175. The largest absolute Gasteiger partial charge is 0.416 e. The molecule has 0 aliphatic rings. The second-order valence-corrected chi connectivity index (χ2v) is 5.43. The maximum absolute atomic E-state index is 12.4. The van der Waals surface area contributed by atoms with Gasteiger partial charge in [0.05, 0.1) is 5.56 Å². The van der Waals surface area contributed by atoms with Crippen LogP contribution in [0.4, 0.5) is 18.9 Å². The monoisotopic (exact) mass is 373 g/mol. The van der Waals surface area contributed by atoms with Gasteiger partial charge in [0.1, 0.15) is 0 Å². The number of amides is 1. The summed E-state index contributed by atoms with van der Waals surface area (Å²) >= 11 is 3.23. The molecular weight excluding hydrogens is 363 g/mol. The molecule has 0 aromatic heterocycles. The smallest absolute Gasteiger partial charge is 0.378 e. The lowest BCUT2D eigenvalue weighted by molar-refractivity contribution is -0.137. The predicted molar refractivity (Wildman–Crippen MR) is 79.2 cm³/mol. The van der Waals surface area contributed by atoms with Crippen LogP contribution in [0.15, 0.2) is 53.0 Å². The van der Waals surface area contributed by atoms with Gasteiger partial charge in [0.15, 0.2) is 6.10 Å². The molecule has 0 aliphatic carbocycles. The number of aliphatic hydroxyl groups excluding tert-OH is 1. The van der Waals surface area contributed by atoms with Crippen LogP contribution in [0.2, 0.25) is 0 Å². The fraction of sp³-hybridized carbons (Fsp3) is 0.133. The summed E-state index contributed by atoms with van der Waals surface area (Å²) in [6.07, 6.45) is -5.84. The van der Waals surface area contributed by atoms with E-state index in [1.807, 2.05) is 0 Å². The van der Waals surface area contributed by atoms with E-state index in [-0.39, 0.29) is 5.69 Å². The van der Waals surface area contributed by atoms with Gasteiger partial charge in [-0.05, 0) is 42.0 Å². The number of anilines is 1. The van der Waals surface area contributed by atoms with E-state index in [0.717, 1.165) is 28.7 Å². The molecular formula is C15H11BrF3NO2. The highest BCUT2D eigenvalue weighted by molar-refractivity contribution is 9.10. The van der Waals surface area contributed by atoms with Crippen LogP contribution in [0.1, 0.15) is 17.2 Å². The van der Waals surface area contributed by atoms with E-state index in [9.17, 15) is 23.1 Å². The van der Waals surface area contributed by atoms with Crippen molar-refractivity contribution in [3.63, 3.8) is 0 Å². The third kappa shape index (κ3) is 4.08. The normalized spacial score (nSPS) is 12.8. The summed E-state index contributed by atoms with van der Waals surface area (Å²) in [7, 11) is 0. The zero-order valence-electron chi connectivity index (χ0n) is 11.1. The Balaban J connectivity index is 2.06. The van der Waals surface area contributed by atoms with E-state index in [2.05, 4.69) is 21.2 Å². The Bertz CT molecular complexity index is 654. The van der Waals surface area contributed by atoms with Crippen LogP contribution in [0, 0.1) is 0 Å².